The van der Waals surface area contributed by atoms with Crippen LogP contribution in [0.25, 0.3) is 0 Å². The van der Waals surface area contributed by atoms with Crippen LogP contribution in [-0.4, -0.2) is 36.1 Å². The third-order valence-corrected chi connectivity index (χ3v) is 2.22. The average Bonchev–Trinajstić information content (AvgIpc) is 2.38. The molecular formula is C12H14O7. The highest BCUT2D eigenvalue weighted by atomic mass is 16.7. The van der Waals surface area contributed by atoms with Gasteiger partial charge in [-0.15, -0.1) is 0 Å². The quantitative estimate of drug-likeness (QED) is 0.616. The molecule has 0 saturated carbocycles. The van der Waals surface area contributed by atoms with Gasteiger partial charge in [-0.3, -0.25) is 0 Å². The van der Waals surface area contributed by atoms with Crippen LogP contribution in [0.2, 0.25) is 0 Å². The number of aliphatic hydroxyl groups is 1. The molecule has 7 heteroatoms. The fraction of sp³-hybridized carbons (Fsp3) is 0.333. The fourth-order valence-corrected chi connectivity index (χ4v) is 1.40. The Morgan fingerprint density at radius 2 is 2.00 bits per heavy atom. The summed E-state index contributed by atoms with van der Waals surface area (Å²) in [5.74, 6) is -1.22. The minimum Gasteiger partial charge on any atom is -0.493 e. The number of aliphatic hydroxyl groups excluding tert-OH is 1. The van der Waals surface area contributed by atoms with E-state index in [4.69, 9.17) is 14.6 Å². The molecule has 0 atom stereocenters. The molecule has 104 valence electrons. The van der Waals surface area contributed by atoms with Crippen LogP contribution in [0.1, 0.15) is 22.8 Å². The lowest BCUT2D eigenvalue weighted by Crippen LogP contribution is -2.13. The number of carboxylic acid groups (broad SMARTS) is 1. The Morgan fingerprint density at radius 3 is 2.47 bits per heavy atom. The molecule has 0 spiro atoms. The lowest BCUT2D eigenvalue weighted by Gasteiger charge is -2.13. The Labute approximate surface area is 109 Å². The Hall–Kier alpha value is -2.28. The molecule has 2 N–H and O–H groups in total. The highest BCUT2D eigenvalue weighted by Crippen LogP contribution is 2.33. The second kappa shape index (κ2) is 6.60. The minimum atomic E-state index is -1.18. The summed E-state index contributed by atoms with van der Waals surface area (Å²) in [5.41, 5.74) is 0.0295. The molecule has 19 heavy (non-hydrogen) atoms. The molecule has 0 aromatic heterocycles. The van der Waals surface area contributed by atoms with E-state index >= 15 is 0 Å². The molecule has 0 radical (unpaired) electrons. The lowest BCUT2D eigenvalue weighted by molar-refractivity contribution is 0.0696. The standard InChI is InChI=1S/C12H14O7/c1-3-18-12(16)19-10-8(6-13)4-7(11(14)15)5-9(10)17-2/h4-5,13H,3,6H2,1-2H3,(H,14,15). The zero-order valence-electron chi connectivity index (χ0n) is 10.5. The molecule has 1 rings (SSSR count). The summed E-state index contributed by atoms with van der Waals surface area (Å²) in [6.45, 7) is 1.23. The van der Waals surface area contributed by atoms with Gasteiger partial charge in [0.1, 0.15) is 0 Å². The van der Waals surface area contributed by atoms with Crippen molar-refractivity contribution in [3.63, 3.8) is 0 Å². The first-order chi connectivity index (χ1) is 9.03. The first-order valence-corrected chi connectivity index (χ1v) is 5.43. The summed E-state index contributed by atoms with van der Waals surface area (Å²) < 4.78 is 14.5. The number of hydrogen-bond donors (Lipinski definition) is 2. The third-order valence-electron chi connectivity index (χ3n) is 2.22. The van der Waals surface area contributed by atoms with Crippen LogP contribution in [0.15, 0.2) is 12.1 Å². The summed E-state index contributed by atoms with van der Waals surface area (Å²) in [6.07, 6.45) is -0.960. The summed E-state index contributed by atoms with van der Waals surface area (Å²) in [6, 6.07) is 2.38. The molecule has 1 aromatic rings. The smallest absolute Gasteiger partial charge is 0.493 e. The van der Waals surface area contributed by atoms with Gasteiger partial charge in [-0.2, -0.15) is 0 Å². The van der Waals surface area contributed by atoms with Crippen molar-refractivity contribution >= 4 is 12.1 Å². The fourth-order valence-electron chi connectivity index (χ4n) is 1.40. The number of hydrogen-bond acceptors (Lipinski definition) is 6. The molecule has 7 nitrogen and oxygen atoms in total. The zero-order valence-corrected chi connectivity index (χ0v) is 10.5. The van der Waals surface area contributed by atoms with Crippen molar-refractivity contribution in [2.45, 2.75) is 13.5 Å². The van der Waals surface area contributed by atoms with Crippen LogP contribution in [-0.2, 0) is 11.3 Å². The van der Waals surface area contributed by atoms with Gasteiger partial charge < -0.3 is 24.4 Å². The van der Waals surface area contributed by atoms with Crippen LogP contribution >= 0.6 is 0 Å². The molecule has 0 unspecified atom stereocenters. The van der Waals surface area contributed by atoms with Crippen molar-refractivity contribution in [3.8, 4) is 11.5 Å². The van der Waals surface area contributed by atoms with Crippen molar-refractivity contribution in [3.05, 3.63) is 23.3 Å². The minimum absolute atomic E-state index is 0.0250. The van der Waals surface area contributed by atoms with E-state index in [1.54, 1.807) is 6.92 Å². The SMILES string of the molecule is CCOC(=O)Oc1c(CO)cc(C(=O)O)cc1OC. The monoisotopic (exact) mass is 270 g/mol. The van der Waals surface area contributed by atoms with Crippen LogP contribution in [0.4, 0.5) is 4.79 Å². The predicted octanol–water partition coefficient (Wildman–Crippen LogP) is 1.42. The number of aromatic carboxylic acids is 1. The molecule has 0 aliphatic rings. The van der Waals surface area contributed by atoms with Gasteiger partial charge in [-0.1, -0.05) is 0 Å². The van der Waals surface area contributed by atoms with Crippen molar-refractivity contribution in [1.29, 1.82) is 0 Å². The molecule has 0 fully saturated rings. The van der Waals surface area contributed by atoms with Gasteiger partial charge in [-0.05, 0) is 19.1 Å². The van der Waals surface area contributed by atoms with E-state index in [0.717, 1.165) is 0 Å². The number of methoxy groups -OCH3 is 1. The van der Waals surface area contributed by atoms with Crippen molar-refractivity contribution in [2.75, 3.05) is 13.7 Å². The van der Waals surface area contributed by atoms with Crippen LogP contribution in [0, 0.1) is 0 Å². The molecule has 0 saturated heterocycles. The summed E-state index contributed by atoms with van der Waals surface area (Å²) in [4.78, 5) is 22.2. The number of ether oxygens (including phenoxy) is 3. The van der Waals surface area contributed by atoms with E-state index in [1.807, 2.05) is 0 Å². The van der Waals surface area contributed by atoms with Gasteiger partial charge >= 0.3 is 12.1 Å². The van der Waals surface area contributed by atoms with Gasteiger partial charge in [0.25, 0.3) is 0 Å². The summed E-state index contributed by atoms with van der Waals surface area (Å²) in [7, 11) is 1.29. The van der Waals surface area contributed by atoms with E-state index in [1.165, 1.54) is 19.2 Å². The topological polar surface area (TPSA) is 102 Å². The van der Waals surface area contributed by atoms with Gasteiger partial charge in [-0.25, -0.2) is 9.59 Å². The molecule has 0 aliphatic carbocycles. The number of benzene rings is 1. The van der Waals surface area contributed by atoms with Crippen molar-refractivity contribution < 1.29 is 34.0 Å². The molecular weight excluding hydrogens is 256 g/mol. The van der Waals surface area contributed by atoms with Gasteiger partial charge in [0.15, 0.2) is 11.5 Å². The van der Waals surface area contributed by atoms with E-state index in [0.29, 0.717) is 0 Å². The third kappa shape index (κ3) is 3.59. The second-order valence-electron chi connectivity index (χ2n) is 3.42. The molecule has 1 aromatic carbocycles. The maximum atomic E-state index is 11.3. The first-order valence-electron chi connectivity index (χ1n) is 5.43. The van der Waals surface area contributed by atoms with E-state index < -0.39 is 18.7 Å². The Kier molecular flexibility index (Phi) is 5.13. The largest absolute Gasteiger partial charge is 0.513 e. The highest BCUT2D eigenvalue weighted by Gasteiger charge is 2.19. The zero-order chi connectivity index (χ0) is 14.4. The maximum absolute atomic E-state index is 11.3. The van der Waals surface area contributed by atoms with E-state index in [9.17, 15) is 14.7 Å². The molecule has 0 amide bonds. The maximum Gasteiger partial charge on any atom is 0.513 e. The van der Waals surface area contributed by atoms with Crippen molar-refractivity contribution in [1.82, 2.24) is 0 Å². The summed E-state index contributed by atoms with van der Waals surface area (Å²) >= 11 is 0. The number of carboxylic acids is 1. The van der Waals surface area contributed by atoms with Crippen molar-refractivity contribution in [2.24, 2.45) is 0 Å². The lowest BCUT2D eigenvalue weighted by atomic mass is 10.1. The molecule has 0 aliphatic heterocycles. The summed E-state index contributed by atoms with van der Waals surface area (Å²) in [5, 5.41) is 18.1. The Balaban J connectivity index is 3.20. The predicted molar refractivity (Wildman–Crippen MR) is 63.5 cm³/mol. The Morgan fingerprint density at radius 1 is 1.32 bits per heavy atom. The second-order valence-corrected chi connectivity index (χ2v) is 3.42. The van der Waals surface area contributed by atoms with Crippen LogP contribution in [0.5, 0.6) is 11.5 Å². The van der Waals surface area contributed by atoms with Crippen LogP contribution in [0.3, 0.4) is 0 Å². The molecule has 0 bridgehead atoms. The van der Waals surface area contributed by atoms with Crippen LogP contribution < -0.4 is 9.47 Å². The van der Waals surface area contributed by atoms with E-state index in [2.05, 4.69) is 4.74 Å². The van der Waals surface area contributed by atoms with Gasteiger partial charge in [0.2, 0.25) is 0 Å². The number of carbonyl (C=O) groups is 2. The highest BCUT2D eigenvalue weighted by molar-refractivity contribution is 5.89. The normalized spacial score (nSPS) is 9.84. The van der Waals surface area contributed by atoms with E-state index in [-0.39, 0.29) is 29.2 Å². The average molecular weight is 270 g/mol. The van der Waals surface area contributed by atoms with Gasteiger partial charge in [0, 0.05) is 5.56 Å². The number of rotatable bonds is 5. The molecule has 0 heterocycles. The number of carbonyl (C=O) groups excluding carboxylic acids is 1. The van der Waals surface area contributed by atoms with Gasteiger partial charge in [0.05, 0.1) is 25.9 Å². The first kappa shape index (κ1) is 14.8. The Bertz CT molecular complexity index is 456.